The van der Waals surface area contributed by atoms with Crippen LogP contribution in [0.4, 0.5) is 0 Å². The Kier molecular flexibility index (Phi) is 6.28. The van der Waals surface area contributed by atoms with Crippen LogP contribution >= 0.6 is 11.8 Å². The van der Waals surface area contributed by atoms with E-state index in [2.05, 4.69) is 46.5 Å². The zero-order valence-electron chi connectivity index (χ0n) is 15.7. The van der Waals surface area contributed by atoms with Gasteiger partial charge in [-0.2, -0.15) is 0 Å². The number of hydrogen-bond donors (Lipinski definition) is 1. The third-order valence-corrected chi connectivity index (χ3v) is 4.77. The Morgan fingerprint density at radius 3 is 2.74 bits per heavy atom. The molecule has 0 radical (unpaired) electrons. The lowest BCUT2D eigenvalue weighted by Crippen LogP contribution is -2.25. The number of nitrogens with one attached hydrogen (secondary N) is 1. The molecule has 2 heterocycles. The van der Waals surface area contributed by atoms with Crippen LogP contribution in [0.25, 0.3) is 5.65 Å². The number of aromatic nitrogens is 4. The molecule has 0 unspecified atom stereocenters. The summed E-state index contributed by atoms with van der Waals surface area (Å²) in [5, 5.41) is 11.7. The lowest BCUT2D eigenvalue weighted by atomic mass is 10.1. The SMILES string of the molecule is CCOc1nccn2c(CNC(=O)Cc3ccc(SC(C)C)cc3)nnc12. The molecule has 3 rings (SSSR count). The van der Waals surface area contributed by atoms with E-state index >= 15 is 0 Å². The van der Waals surface area contributed by atoms with Gasteiger partial charge in [0.25, 0.3) is 5.88 Å². The summed E-state index contributed by atoms with van der Waals surface area (Å²) in [5.74, 6) is 1.00. The third kappa shape index (κ3) is 4.97. The van der Waals surface area contributed by atoms with E-state index in [1.807, 2.05) is 19.1 Å². The normalized spacial score (nSPS) is 11.1. The first-order chi connectivity index (χ1) is 13.1. The van der Waals surface area contributed by atoms with Crippen molar-refractivity contribution in [3.05, 3.63) is 48.0 Å². The number of carbonyl (C=O) groups is 1. The number of ether oxygens (including phenoxy) is 1. The second kappa shape index (κ2) is 8.85. The van der Waals surface area contributed by atoms with Crippen LogP contribution in [0.15, 0.2) is 41.6 Å². The minimum atomic E-state index is -0.0601. The summed E-state index contributed by atoms with van der Waals surface area (Å²) in [6, 6.07) is 8.11. The number of carbonyl (C=O) groups excluding carboxylic acids is 1. The zero-order valence-corrected chi connectivity index (χ0v) is 16.5. The molecule has 0 atom stereocenters. The van der Waals surface area contributed by atoms with Crippen LogP contribution in [-0.4, -0.2) is 37.3 Å². The largest absolute Gasteiger partial charge is 0.475 e. The minimum Gasteiger partial charge on any atom is -0.475 e. The Hall–Kier alpha value is -2.61. The number of hydrogen-bond acceptors (Lipinski definition) is 6. The number of fused-ring (bicyclic) bond motifs is 1. The predicted octanol–water partition coefficient (Wildman–Crippen LogP) is 2.88. The highest BCUT2D eigenvalue weighted by molar-refractivity contribution is 7.99. The van der Waals surface area contributed by atoms with Gasteiger partial charge in [-0.3, -0.25) is 9.20 Å². The van der Waals surface area contributed by atoms with Gasteiger partial charge >= 0.3 is 0 Å². The molecule has 0 bridgehead atoms. The Labute approximate surface area is 162 Å². The maximum absolute atomic E-state index is 12.3. The fraction of sp³-hybridized carbons (Fsp3) is 0.368. The van der Waals surface area contributed by atoms with Crippen molar-refractivity contribution >= 4 is 23.3 Å². The van der Waals surface area contributed by atoms with Crippen molar-refractivity contribution in [1.82, 2.24) is 24.9 Å². The zero-order chi connectivity index (χ0) is 19.2. The maximum Gasteiger partial charge on any atom is 0.260 e. The molecule has 8 heteroatoms. The molecular formula is C19H23N5O2S. The maximum atomic E-state index is 12.3. The van der Waals surface area contributed by atoms with Crippen molar-refractivity contribution in [3.8, 4) is 5.88 Å². The molecule has 1 amide bonds. The summed E-state index contributed by atoms with van der Waals surface area (Å²) >= 11 is 1.81. The molecule has 27 heavy (non-hydrogen) atoms. The first-order valence-electron chi connectivity index (χ1n) is 8.90. The van der Waals surface area contributed by atoms with E-state index in [1.165, 1.54) is 4.90 Å². The standard InChI is InChI=1S/C19H23N5O2S/c1-4-26-19-18-23-22-16(24(18)10-9-20-19)12-21-17(25)11-14-5-7-15(8-6-14)27-13(2)3/h5-10,13H,4,11-12H2,1-3H3,(H,21,25). The minimum absolute atomic E-state index is 0.0601. The van der Waals surface area contributed by atoms with E-state index < -0.39 is 0 Å². The number of amides is 1. The van der Waals surface area contributed by atoms with E-state index in [-0.39, 0.29) is 12.5 Å². The summed E-state index contributed by atoms with van der Waals surface area (Å²) in [5.41, 5.74) is 1.52. The third-order valence-electron chi connectivity index (χ3n) is 3.75. The van der Waals surface area contributed by atoms with Crippen LogP contribution in [-0.2, 0) is 17.8 Å². The van der Waals surface area contributed by atoms with Crippen molar-refractivity contribution in [2.75, 3.05) is 6.61 Å². The van der Waals surface area contributed by atoms with Gasteiger partial charge in [0.15, 0.2) is 5.82 Å². The monoisotopic (exact) mass is 385 g/mol. The van der Waals surface area contributed by atoms with Crippen LogP contribution in [0.5, 0.6) is 5.88 Å². The molecule has 1 N–H and O–H groups in total. The van der Waals surface area contributed by atoms with Gasteiger partial charge in [0, 0.05) is 22.5 Å². The molecule has 3 aromatic rings. The van der Waals surface area contributed by atoms with Crippen molar-refractivity contribution in [2.45, 2.75) is 43.9 Å². The van der Waals surface area contributed by atoms with Crippen molar-refractivity contribution in [1.29, 1.82) is 0 Å². The van der Waals surface area contributed by atoms with Gasteiger partial charge in [-0.25, -0.2) is 4.98 Å². The van der Waals surface area contributed by atoms with E-state index in [1.54, 1.807) is 28.6 Å². The average Bonchev–Trinajstić information content (AvgIpc) is 3.06. The first-order valence-corrected chi connectivity index (χ1v) is 9.78. The quantitative estimate of drug-likeness (QED) is 0.601. The molecule has 1 aromatic carbocycles. The van der Waals surface area contributed by atoms with E-state index in [0.29, 0.717) is 35.6 Å². The molecular weight excluding hydrogens is 362 g/mol. The Balaban J connectivity index is 1.59. The van der Waals surface area contributed by atoms with Crippen LogP contribution < -0.4 is 10.1 Å². The lowest BCUT2D eigenvalue weighted by molar-refractivity contribution is -0.120. The van der Waals surface area contributed by atoms with Gasteiger partial charge in [-0.1, -0.05) is 26.0 Å². The van der Waals surface area contributed by atoms with Crippen LogP contribution in [0, 0.1) is 0 Å². The second-order valence-corrected chi connectivity index (χ2v) is 7.89. The molecule has 0 fully saturated rings. The highest BCUT2D eigenvalue weighted by Gasteiger charge is 2.12. The summed E-state index contributed by atoms with van der Waals surface area (Å²) in [6.07, 6.45) is 3.71. The first kappa shape index (κ1) is 19.2. The van der Waals surface area contributed by atoms with Crippen molar-refractivity contribution in [3.63, 3.8) is 0 Å². The molecule has 0 saturated heterocycles. The number of nitrogens with zero attached hydrogens (tertiary/aromatic N) is 4. The van der Waals surface area contributed by atoms with Crippen LogP contribution in [0.3, 0.4) is 0 Å². The van der Waals surface area contributed by atoms with E-state index in [4.69, 9.17) is 4.74 Å². The molecule has 0 aliphatic rings. The van der Waals surface area contributed by atoms with Gasteiger partial charge in [0.05, 0.1) is 19.6 Å². The average molecular weight is 385 g/mol. The van der Waals surface area contributed by atoms with Gasteiger partial charge in [0.2, 0.25) is 11.6 Å². The number of rotatable bonds is 8. The molecule has 0 spiro atoms. The summed E-state index contributed by atoms with van der Waals surface area (Å²) in [6.45, 7) is 6.99. The summed E-state index contributed by atoms with van der Waals surface area (Å²) in [4.78, 5) is 17.6. The fourth-order valence-electron chi connectivity index (χ4n) is 2.59. The molecule has 0 aliphatic carbocycles. The topological polar surface area (TPSA) is 81.4 Å². The molecule has 0 aliphatic heterocycles. The highest BCUT2D eigenvalue weighted by Crippen LogP contribution is 2.23. The molecule has 0 saturated carbocycles. The van der Waals surface area contributed by atoms with E-state index in [0.717, 1.165) is 5.56 Å². The van der Waals surface area contributed by atoms with Gasteiger partial charge < -0.3 is 10.1 Å². The van der Waals surface area contributed by atoms with Gasteiger partial charge in [0.1, 0.15) is 0 Å². The highest BCUT2D eigenvalue weighted by atomic mass is 32.2. The molecule has 2 aromatic heterocycles. The smallest absolute Gasteiger partial charge is 0.260 e. The predicted molar refractivity (Wildman–Crippen MR) is 105 cm³/mol. The van der Waals surface area contributed by atoms with Gasteiger partial charge in [-0.15, -0.1) is 22.0 Å². The Morgan fingerprint density at radius 2 is 2.04 bits per heavy atom. The van der Waals surface area contributed by atoms with Gasteiger partial charge in [-0.05, 0) is 24.6 Å². The van der Waals surface area contributed by atoms with Crippen LogP contribution in [0.2, 0.25) is 0 Å². The summed E-state index contributed by atoms with van der Waals surface area (Å²) in [7, 11) is 0. The Morgan fingerprint density at radius 1 is 1.26 bits per heavy atom. The molecule has 7 nitrogen and oxygen atoms in total. The Bertz CT molecular complexity index is 908. The second-order valence-electron chi connectivity index (χ2n) is 6.24. The van der Waals surface area contributed by atoms with Crippen molar-refractivity contribution in [2.24, 2.45) is 0 Å². The van der Waals surface area contributed by atoms with Crippen molar-refractivity contribution < 1.29 is 9.53 Å². The summed E-state index contributed by atoms with van der Waals surface area (Å²) < 4.78 is 7.22. The molecule has 142 valence electrons. The number of benzene rings is 1. The van der Waals surface area contributed by atoms with E-state index in [9.17, 15) is 4.79 Å². The lowest BCUT2D eigenvalue weighted by Gasteiger charge is -2.07. The fourth-order valence-corrected chi connectivity index (χ4v) is 3.43. The van der Waals surface area contributed by atoms with Crippen LogP contribution in [0.1, 0.15) is 32.2 Å². The number of thioether (sulfide) groups is 1.